The minimum absolute atomic E-state index is 0.0973. The van der Waals surface area contributed by atoms with Gasteiger partial charge in [-0.05, 0) is 0 Å². The molecular weight excluding hydrogens is 244 g/mol. The van der Waals surface area contributed by atoms with E-state index in [1.54, 1.807) is 0 Å². The lowest BCUT2D eigenvalue weighted by atomic mass is 10.2. The van der Waals surface area contributed by atoms with Gasteiger partial charge < -0.3 is 20.3 Å². The van der Waals surface area contributed by atoms with Crippen LogP contribution in [0.15, 0.2) is 12.5 Å². The lowest BCUT2D eigenvalue weighted by Crippen LogP contribution is -2.54. The van der Waals surface area contributed by atoms with Gasteiger partial charge in [-0.25, -0.2) is 15.8 Å². The topological polar surface area (TPSA) is 148 Å². The molecule has 1 rings (SSSR count). The third kappa shape index (κ3) is 4.13. The molecule has 0 saturated heterocycles. The van der Waals surface area contributed by atoms with E-state index in [4.69, 9.17) is 15.3 Å². The van der Waals surface area contributed by atoms with Gasteiger partial charge in [0.25, 0.3) is 0 Å². The fourth-order valence-electron chi connectivity index (χ4n) is 1.20. The summed E-state index contributed by atoms with van der Waals surface area (Å²) < 4.78 is 0. The maximum absolute atomic E-state index is 10.9. The number of aliphatic carboxylic acids is 2. The standard InChI is InChI=1S/C9H14N4O5/c14-3-7(9(17)18)13-12-6(8(15)16)1-5-2-10-4-11-5/h2,4,6-7,12-14H,1,3H2,(H,10,11)(H,15,16)(H,17,18)/t6-,7-/m0/s1. The minimum Gasteiger partial charge on any atom is -0.480 e. The first-order chi connectivity index (χ1) is 8.54. The van der Waals surface area contributed by atoms with Gasteiger partial charge in [0.2, 0.25) is 0 Å². The molecule has 0 aromatic carbocycles. The van der Waals surface area contributed by atoms with Crippen molar-refractivity contribution in [3.8, 4) is 0 Å². The van der Waals surface area contributed by atoms with Crippen molar-refractivity contribution >= 4 is 11.9 Å². The smallest absolute Gasteiger partial charge is 0.324 e. The Morgan fingerprint density at radius 3 is 2.33 bits per heavy atom. The lowest BCUT2D eigenvalue weighted by Gasteiger charge is -2.17. The summed E-state index contributed by atoms with van der Waals surface area (Å²) in [6.45, 7) is -0.654. The third-order valence-electron chi connectivity index (χ3n) is 2.19. The number of imidazole rings is 1. The molecule has 0 saturated carbocycles. The summed E-state index contributed by atoms with van der Waals surface area (Å²) >= 11 is 0. The van der Waals surface area contributed by atoms with Gasteiger partial charge in [0.1, 0.15) is 12.1 Å². The maximum atomic E-state index is 10.9. The number of aliphatic hydroxyl groups is 1. The zero-order valence-corrected chi connectivity index (χ0v) is 9.33. The molecule has 0 aliphatic heterocycles. The molecule has 0 unspecified atom stereocenters. The Morgan fingerprint density at radius 1 is 1.28 bits per heavy atom. The molecule has 18 heavy (non-hydrogen) atoms. The average molecular weight is 258 g/mol. The van der Waals surface area contributed by atoms with Crippen molar-refractivity contribution in [1.29, 1.82) is 0 Å². The fraction of sp³-hybridized carbons (Fsp3) is 0.444. The van der Waals surface area contributed by atoms with Crippen molar-refractivity contribution in [3.05, 3.63) is 18.2 Å². The van der Waals surface area contributed by atoms with E-state index in [1.165, 1.54) is 12.5 Å². The molecule has 6 N–H and O–H groups in total. The van der Waals surface area contributed by atoms with E-state index in [9.17, 15) is 9.59 Å². The number of aliphatic hydroxyl groups excluding tert-OH is 1. The highest BCUT2D eigenvalue weighted by atomic mass is 16.4. The van der Waals surface area contributed by atoms with Crippen LogP contribution in [-0.2, 0) is 16.0 Å². The van der Waals surface area contributed by atoms with Gasteiger partial charge in [0.05, 0.1) is 12.9 Å². The largest absolute Gasteiger partial charge is 0.480 e. The number of aromatic amines is 1. The molecule has 0 fully saturated rings. The van der Waals surface area contributed by atoms with Crippen molar-refractivity contribution in [2.24, 2.45) is 0 Å². The zero-order valence-electron chi connectivity index (χ0n) is 9.33. The van der Waals surface area contributed by atoms with Crippen LogP contribution in [0.2, 0.25) is 0 Å². The number of hydrazine groups is 1. The number of aromatic nitrogens is 2. The first kappa shape index (κ1) is 14.1. The monoisotopic (exact) mass is 258 g/mol. The quantitative estimate of drug-likeness (QED) is 0.292. The molecule has 0 aliphatic rings. The summed E-state index contributed by atoms with van der Waals surface area (Å²) in [6.07, 6.45) is 2.98. The highest BCUT2D eigenvalue weighted by Gasteiger charge is 2.22. The summed E-state index contributed by atoms with van der Waals surface area (Å²) in [5.41, 5.74) is 5.19. The van der Waals surface area contributed by atoms with Gasteiger partial charge in [-0.2, -0.15) is 0 Å². The Kier molecular flexibility index (Phi) is 5.24. The molecule has 0 spiro atoms. The van der Waals surface area contributed by atoms with Crippen LogP contribution in [0.3, 0.4) is 0 Å². The lowest BCUT2D eigenvalue weighted by molar-refractivity contribution is -0.143. The predicted octanol–water partition coefficient (Wildman–Crippen LogP) is -2.05. The number of rotatable bonds is 8. The molecule has 0 amide bonds. The van der Waals surface area contributed by atoms with E-state index in [2.05, 4.69) is 20.8 Å². The van der Waals surface area contributed by atoms with Crippen molar-refractivity contribution in [1.82, 2.24) is 20.8 Å². The number of carboxylic acids is 2. The van der Waals surface area contributed by atoms with Gasteiger partial charge >= 0.3 is 11.9 Å². The average Bonchev–Trinajstić information content (AvgIpc) is 2.80. The van der Waals surface area contributed by atoms with E-state index in [-0.39, 0.29) is 6.42 Å². The second-order valence-corrected chi connectivity index (χ2v) is 3.53. The third-order valence-corrected chi connectivity index (χ3v) is 2.19. The molecule has 1 aromatic heterocycles. The molecule has 0 aliphatic carbocycles. The van der Waals surface area contributed by atoms with Gasteiger partial charge in [-0.15, -0.1) is 0 Å². The number of nitrogens with one attached hydrogen (secondary N) is 3. The van der Waals surface area contributed by atoms with Crippen LogP contribution in [0.4, 0.5) is 0 Å². The second-order valence-electron chi connectivity index (χ2n) is 3.53. The number of nitrogens with zero attached hydrogens (tertiary/aromatic N) is 1. The van der Waals surface area contributed by atoms with E-state index >= 15 is 0 Å². The normalized spacial score (nSPS) is 14.1. The fourth-order valence-corrected chi connectivity index (χ4v) is 1.20. The molecular formula is C9H14N4O5. The predicted molar refractivity (Wildman–Crippen MR) is 58.5 cm³/mol. The summed E-state index contributed by atoms with van der Waals surface area (Å²) in [5, 5.41) is 26.4. The minimum atomic E-state index is -1.28. The Bertz CT molecular complexity index is 394. The zero-order chi connectivity index (χ0) is 13.5. The molecule has 2 atom stereocenters. The van der Waals surface area contributed by atoms with Crippen LogP contribution in [0.25, 0.3) is 0 Å². The van der Waals surface area contributed by atoms with Gasteiger partial charge in [0.15, 0.2) is 0 Å². The van der Waals surface area contributed by atoms with E-state index in [0.717, 1.165) is 0 Å². The Hall–Kier alpha value is -1.97. The van der Waals surface area contributed by atoms with Crippen molar-refractivity contribution < 1.29 is 24.9 Å². The first-order valence-corrected chi connectivity index (χ1v) is 5.09. The summed E-state index contributed by atoms with van der Waals surface area (Å²) in [6, 6.07) is -2.31. The molecule has 0 bridgehead atoms. The van der Waals surface area contributed by atoms with Crippen LogP contribution in [0.5, 0.6) is 0 Å². The number of carboxylic acid groups (broad SMARTS) is 2. The van der Waals surface area contributed by atoms with Gasteiger partial charge in [-0.1, -0.05) is 0 Å². The van der Waals surface area contributed by atoms with E-state index in [0.29, 0.717) is 5.69 Å². The maximum Gasteiger partial charge on any atom is 0.324 e. The van der Waals surface area contributed by atoms with Crippen molar-refractivity contribution in [2.75, 3.05) is 6.61 Å². The Morgan fingerprint density at radius 2 is 1.89 bits per heavy atom. The van der Waals surface area contributed by atoms with E-state index in [1.807, 2.05) is 0 Å². The summed E-state index contributed by atoms with van der Waals surface area (Å²) in [4.78, 5) is 28.0. The molecule has 1 aromatic rings. The van der Waals surface area contributed by atoms with E-state index < -0.39 is 30.6 Å². The molecule has 1 heterocycles. The molecule has 9 heteroatoms. The van der Waals surface area contributed by atoms with Crippen molar-refractivity contribution in [3.63, 3.8) is 0 Å². The van der Waals surface area contributed by atoms with Crippen LogP contribution in [-0.4, -0.2) is 55.9 Å². The van der Waals surface area contributed by atoms with Gasteiger partial charge in [-0.3, -0.25) is 9.59 Å². The first-order valence-electron chi connectivity index (χ1n) is 5.09. The second kappa shape index (κ2) is 6.69. The number of hydrogen-bond donors (Lipinski definition) is 6. The van der Waals surface area contributed by atoms with Crippen LogP contribution in [0.1, 0.15) is 5.69 Å². The molecule has 9 nitrogen and oxygen atoms in total. The Balaban J connectivity index is 2.53. The van der Waals surface area contributed by atoms with Crippen LogP contribution in [0, 0.1) is 0 Å². The number of carbonyl (C=O) groups is 2. The molecule has 100 valence electrons. The Labute approximate surface area is 102 Å². The molecule has 0 radical (unpaired) electrons. The number of hydrogen-bond acceptors (Lipinski definition) is 6. The number of H-pyrrole nitrogens is 1. The van der Waals surface area contributed by atoms with Gasteiger partial charge in [0, 0.05) is 18.3 Å². The SMILES string of the molecule is O=C(O)[C@H](CO)NN[C@@H](Cc1cnc[nH]1)C(=O)O. The van der Waals surface area contributed by atoms with Crippen molar-refractivity contribution in [2.45, 2.75) is 18.5 Å². The highest BCUT2D eigenvalue weighted by molar-refractivity contribution is 5.75. The van der Waals surface area contributed by atoms with Crippen LogP contribution < -0.4 is 10.9 Å². The summed E-state index contributed by atoms with van der Waals surface area (Å²) in [5.74, 6) is -2.44. The van der Waals surface area contributed by atoms with Crippen LogP contribution >= 0.6 is 0 Å². The highest BCUT2D eigenvalue weighted by Crippen LogP contribution is 1.98. The summed E-state index contributed by atoms with van der Waals surface area (Å²) in [7, 11) is 0.